The van der Waals surface area contributed by atoms with Crippen molar-refractivity contribution in [1.82, 2.24) is 9.97 Å². The molecule has 0 spiro atoms. The van der Waals surface area contributed by atoms with Crippen LogP contribution in [0.15, 0.2) is 11.4 Å². The van der Waals surface area contributed by atoms with Gasteiger partial charge in [0, 0.05) is 27.2 Å². The fourth-order valence-corrected chi connectivity index (χ4v) is 2.74. The third-order valence-electron chi connectivity index (χ3n) is 3.04. The third kappa shape index (κ3) is 3.33. The first kappa shape index (κ1) is 14.0. The molecule has 2 N–H and O–H groups in total. The van der Waals surface area contributed by atoms with E-state index >= 15 is 0 Å². The highest BCUT2D eigenvalue weighted by molar-refractivity contribution is 7.16. The number of hydrogen-bond donors (Lipinski definition) is 2. The average molecular weight is 280 g/mol. The highest BCUT2D eigenvalue weighted by Gasteiger charge is 2.11. The number of unbranched alkanes of at least 4 members (excludes halogenated alkanes) is 2. The third-order valence-corrected chi connectivity index (χ3v) is 3.85. The molecule has 2 aromatic rings. The van der Waals surface area contributed by atoms with Crippen LogP contribution < -0.4 is 10.2 Å². The van der Waals surface area contributed by atoms with Crippen molar-refractivity contribution in [2.45, 2.75) is 19.3 Å². The second kappa shape index (κ2) is 6.68. The first-order valence-corrected chi connectivity index (χ1v) is 7.39. The number of aliphatic hydroxyl groups is 1. The van der Waals surface area contributed by atoms with Gasteiger partial charge < -0.3 is 15.3 Å². The van der Waals surface area contributed by atoms with E-state index in [9.17, 15) is 0 Å². The molecular formula is C13H20N4OS. The van der Waals surface area contributed by atoms with Gasteiger partial charge in [0.1, 0.15) is 10.6 Å². The van der Waals surface area contributed by atoms with E-state index in [4.69, 9.17) is 5.11 Å². The summed E-state index contributed by atoms with van der Waals surface area (Å²) in [5.74, 6) is 1.63. The maximum Gasteiger partial charge on any atom is 0.225 e. The minimum Gasteiger partial charge on any atom is -0.396 e. The Morgan fingerprint density at radius 2 is 2.16 bits per heavy atom. The van der Waals surface area contributed by atoms with E-state index in [0.29, 0.717) is 5.95 Å². The minimum atomic E-state index is 0.274. The molecule has 6 heteroatoms. The lowest BCUT2D eigenvalue weighted by atomic mass is 10.2. The number of aromatic nitrogens is 2. The lowest BCUT2D eigenvalue weighted by molar-refractivity contribution is 0.283. The highest BCUT2D eigenvalue weighted by atomic mass is 32.1. The number of aliphatic hydroxyl groups excluding tert-OH is 1. The van der Waals surface area contributed by atoms with Gasteiger partial charge >= 0.3 is 0 Å². The predicted octanol–water partition coefficient (Wildman–Crippen LogP) is 2.33. The molecule has 19 heavy (non-hydrogen) atoms. The maximum absolute atomic E-state index is 8.79. The van der Waals surface area contributed by atoms with E-state index in [-0.39, 0.29) is 6.61 Å². The Morgan fingerprint density at radius 1 is 1.32 bits per heavy atom. The Morgan fingerprint density at radius 3 is 2.89 bits per heavy atom. The molecule has 0 fully saturated rings. The monoisotopic (exact) mass is 280 g/mol. The van der Waals surface area contributed by atoms with Crippen LogP contribution in [-0.2, 0) is 0 Å². The van der Waals surface area contributed by atoms with E-state index in [1.807, 2.05) is 12.4 Å². The molecule has 2 aromatic heterocycles. The van der Waals surface area contributed by atoms with Crippen molar-refractivity contribution in [3.05, 3.63) is 11.4 Å². The Balaban J connectivity index is 2.15. The standard InChI is InChI=1S/C13H20N4OS/c1-14-13-15-11(10-6-9-19-12(10)16-13)17(2)7-4-3-5-8-18/h6,9,18H,3-5,7-8H2,1-2H3,(H,14,15,16). The number of rotatable bonds is 7. The number of nitrogens with one attached hydrogen (secondary N) is 1. The Hall–Kier alpha value is -1.40. The Kier molecular flexibility index (Phi) is 4.93. The van der Waals surface area contributed by atoms with Gasteiger partial charge in [0.2, 0.25) is 5.95 Å². The van der Waals surface area contributed by atoms with E-state index in [1.54, 1.807) is 11.3 Å². The van der Waals surface area contributed by atoms with Gasteiger partial charge in [-0.05, 0) is 30.7 Å². The van der Waals surface area contributed by atoms with Gasteiger partial charge in [-0.1, -0.05) is 0 Å². The van der Waals surface area contributed by atoms with Crippen molar-refractivity contribution >= 4 is 33.3 Å². The zero-order valence-corrected chi connectivity index (χ0v) is 12.2. The average Bonchev–Trinajstić information content (AvgIpc) is 2.90. The molecule has 2 rings (SSSR count). The summed E-state index contributed by atoms with van der Waals surface area (Å²) in [5, 5.41) is 14.9. The summed E-state index contributed by atoms with van der Waals surface area (Å²) in [6.45, 7) is 1.21. The van der Waals surface area contributed by atoms with Crippen LogP contribution in [0.2, 0.25) is 0 Å². The van der Waals surface area contributed by atoms with Crippen molar-refractivity contribution in [3.63, 3.8) is 0 Å². The lowest BCUT2D eigenvalue weighted by Crippen LogP contribution is -2.20. The highest BCUT2D eigenvalue weighted by Crippen LogP contribution is 2.28. The van der Waals surface area contributed by atoms with Gasteiger partial charge in [-0.2, -0.15) is 4.98 Å². The van der Waals surface area contributed by atoms with Crippen molar-refractivity contribution in [2.24, 2.45) is 0 Å². The molecule has 0 saturated carbocycles. The molecule has 0 amide bonds. The van der Waals surface area contributed by atoms with Gasteiger partial charge in [0.25, 0.3) is 0 Å². The van der Waals surface area contributed by atoms with Crippen molar-refractivity contribution in [2.75, 3.05) is 37.5 Å². The van der Waals surface area contributed by atoms with Crippen LogP contribution in [0.4, 0.5) is 11.8 Å². The van der Waals surface area contributed by atoms with E-state index in [2.05, 4.69) is 33.3 Å². The topological polar surface area (TPSA) is 61.3 Å². The fraction of sp³-hybridized carbons (Fsp3) is 0.538. The number of anilines is 2. The lowest BCUT2D eigenvalue weighted by Gasteiger charge is -2.19. The Labute approximate surface area is 117 Å². The van der Waals surface area contributed by atoms with Gasteiger partial charge in [-0.25, -0.2) is 4.98 Å². The zero-order chi connectivity index (χ0) is 13.7. The van der Waals surface area contributed by atoms with Crippen molar-refractivity contribution in [3.8, 4) is 0 Å². The molecule has 5 nitrogen and oxygen atoms in total. The molecule has 0 atom stereocenters. The summed E-state index contributed by atoms with van der Waals surface area (Å²) in [7, 11) is 3.89. The first-order chi connectivity index (χ1) is 9.26. The second-order valence-electron chi connectivity index (χ2n) is 4.47. The quantitative estimate of drug-likeness (QED) is 0.762. The van der Waals surface area contributed by atoms with Crippen LogP contribution >= 0.6 is 11.3 Å². The first-order valence-electron chi connectivity index (χ1n) is 6.51. The summed E-state index contributed by atoms with van der Waals surface area (Å²) in [4.78, 5) is 12.2. The molecule has 104 valence electrons. The molecule has 0 saturated heterocycles. The molecule has 0 aliphatic rings. The molecule has 0 radical (unpaired) electrons. The van der Waals surface area contributed by atoms with Crippen LogP contribution in [0, 0.1) is 0 Å². The number of hydrogen-bond acceptors (Lipinski definition) is 6. The second-order valence-corrected chi connectivity index (χ2v) is 5.36. The summed E-state index contributed by atoms with van der Waals surface area (Å²) in [5.41, 5.74) is 0. The molecule has 0 aliphatic heterocycles. The van der Waals surface area contributed by atoms with E-state index < -0.39 is 0 Å². The molecule has 0 aromatic carbocycles. The smallest absolute Gasteiger partial charge is 0.225 e. The number of fused-ring (bicyclic) bond motifs is 1. The maximum atomic E-state index is 8.79. The number of thiophene rings is 1. The Bertz CT molecular complexity index is 528. The predicted molar refractivity (Wildman–Crippen MR) is 81.2 cm³/mol. The van der Waals surface area contributed by atoms with Gasteiger partial charge in [0.15, 0.2) is 0 Å². The van der Waals surface area contributed by atoms with E-state index in [1.165, 1.54) is 0 Å². The van der Waals surface area contributed by atoms with Gasteiger partial charge in [-0.3, -0.25) is 0 Å². The summed E-state index contributed by atoms with van der Waals surface area (Å²) >= 11 is 1.63. The van der Waals surface area contributed by atoms with Crippen LogP contribution in [0.5, 0.6) is 0 Å². The van der Waals surface area contributed by atoms with Gasteiger partial charge in [-0.15, -0.1) is 11.3 Å². The SMILES string of the molecule is CNc1nc(N(C)CCCCCO)c2ccsc2n1. The van der Waals surface area contributed by atoms with Crippen LogP contribution in [0.25, 0.3) is 10.2 Å². The van der Waals surface area contributed by atoms with E-state index in [0.717, 1.165) is 41.8 Å². The van der Waals surface area contributed by atoms with Crippen LogP contribution in [-0.4, -0.2) is 42.3 Å². The molecule has 0 bridgehead atoms. The summed E-state index contributed by atoms with van der Waals surface area (Å²) < 4.78 is 0. The molecule has 0 aliphatic carbocycles. The molecular weight excluding hydrogens is 260 g/mol. The molecule has 2 heterocycles. The van der Waals surface area contributed by atoms with Crippen LogP contribution in [0.3, 0.4) is 0 Å². The largest absolute Gasteiger partial charge is 0.396 e. The van der Waals surface area contributed by atoms with Crippen molar-refractivity contribution in [1.29, 1.82) is 0 Å². The van der Waals surface area contributed by atoms with Gasteiger partial charge in [0.05, 0.1) is 5.39 Å². The fourth-order valence-electron chi connectivity index (χ4n) is 1.99. The summed E-state index contributed by atoms with van der Waals surface area (Å²) in [6, 6.07) is 2.07. The summed E-state index contributed by atoms with van der Waals surface area (Å²) in [6.07, 6.45) is 2.96. The van der Waals surface area contributed by atoms with Crippen LogP contribution in [0.1, 0.15) is 19.3 Å². The number of nitrogens with zero attached hydrogens (tertiary/aromatic N) is 3. The van der Waals surface area contributed by atoms with Crippen molar-refractivity contribution < 1.29 is 5.11 Å². The minimum absolute atomic E-state index is 0.274. The normalized spacial score (nSPS) is 10.9. The zero-order valence-electron chi connectivity index (χ0n) is 11.4. The molecule has 0 unspecified atom stereocenters.